The zero-order chi connectivity index (χ0) is 17.5. The van der Waals surface area contributed by atoms with Gasteiger partial charge in [-0.25, -0.2) is 9.97 Å². The zero-order valence-electron chi connectivity index (χ0n) is 13.7. The number of amides is 1. The molecule has 2 aromatic rings. The predicted molar refractivity (Wildman–Crippen MR) is 98.3 cm³/mol. The van der Waals surface area contributed by atoms with Crippen LogP contribution < -0.4 is 5.32 Å². The van der Waals surface area contributed by atoms with E-state index < -0.39 is 0 Å². The molecule has 1 heterocycles. The number of carbonyl (C=O) groups excluding carboxylic acids is 1. The predicted octanol–water partition coefficient (Wildman–Crippen LogP) is 4.79. The number of rotatable bonds is 7. The molecule has 7 heteroatoms. The molecular formula is C17H20Cl2N4O. The average molecular weight is 367 g/mol. The summed E-state index contributed by atoms with van der Waals surface area (Å²) in [7, 11) is 0. The van der Waals surface area contributed by atoms with Gasteiger partial charge >= 0.3 is 0 Å². The van der Waals surface area contributed by atoms with Gasteiger partial charge in [0.1, 0.15) is 5.69 Å². The first kappa shape index (κ1) is 18.5. The molecule has 0 saturated heterocycles. The number of nitrogens with one attached hydrogen (secondary N) is 1. The van der Waals surface area contributed by atoms with Gasteiger partial charge in [-0.15, -0.1) is 0 Å². The van der Waals surface area contributed by atoms with E-state index in [1.54, 1.807) is 35.4 Å². The molecule has 0 atom stereocenters. The summed E-state index contributed by atoms with van der Waals surface area (Å²) < 4.78 is 0. The summed E-state index contributed by atoms with van der Waals surface area (Å²) in [5.74, 6) is 0.179. The Bertz CT molecular complexity index is 682. The lowest BCUT2D eigenvalue weighted by Gasteiger charge is -2.21. The van der Waals surface area contributed by atoms with Gasteiger partial charge in [-0.1, -0.05) is 43.1 Å². The van der Waals surface area contributed by atoms with E-state index in [1.807, 2.05) is 13.8 Å². The Morgan fingerprint density at radius 2 is 1.75 bits per heavy atom. The summed E-state index contributed by atoms with van der Waals surface area (Å²) in [5, 5.41) is 3.90. The first-order valence-corrected chi connectivity index (χ1v) is 8.65. The quantitative estimate of drug-likeness (QED) is 0.765. The van der Waals surface area contributed by atoms with E-state index in [0.717, 1.165) is 12.8 Å². The Morgan fingerprint density at radius 1 is 1.12 bits per heavy atom. The van der Waals surface area contributed by atoms with E-state index in [-0.39, 0.29) is 11.9 Å². The maximum atomic E-state index is 12.6. The second-order valence-electron chi connectivity index (χ2n) is 5.28. The summed E-state index contributed by atoms with van der Waals surface area (Å²) >= 11 is 12.3. The van der Waals surface area contributed by atoms with Crippen LogP contribution in [-0.4, -0.2) is 33.9 Å². The van der Waals surface area contributed by atoms with Crippen LogP contribution in [0.1, 0.15) is 37.2 Å². The second-order valence-corrected chi connectivity index (χ2v) is 6.09. The van der Waals surface area contributed by atoms with Crippen molar-refractivity contribution in [3.05, 3.63) is 46.2 Å². The van der Waals surface area contributed by atoms with Gasteiger partial charge in [0.25, 0.3) is 5.91 Å². The Morgan fingerprint density at radius 3 is 2.33 bits per heavy atom. The van der Waals surface area contributed by atoms with Crippen molar-refractivity contribution in [1.29, 1.82) is 0 Å². The molecule has 2 rings (SSSR count). The van der Waals surface area contributed by atoms with Crippen LogP contribution in [0.3, 0.4) is 0 Å². The summed E-state index contributed by atoms with van der Waals surface area (Å²) in [4.78, 5) is 22.9. The van der Waals surface area contributed by atoms with Crippen molar-refractivity contribution in [3.8, 4) is 0 Å². The molecule has 0 saturated carbocycles. The lowest BCUT2D eigenvalue weighted by atomic mass is 10.3. The molecule has 0 aliphatic rings. The summed E-state index contributed by atoms with van der Waals surface area (Å²) in [6.07, 6.45) is 3.34. The fourth-order valence-corrected chi connectivity index (χ4v) is 2.78. The first-order chi connectivity index (χ1) is 11.6. The normalized spacial score (nSPS) is 10.5. The molecule has 0 fully saturated rings. The number of nitrogens with zero attached hydrogens (tertiary/aromatic N) is 3. The smallest absolute Gasteiger partial charge is 0.272 e. The van der Waals surface area contributed by atoms with Gasteiger partial charge in [-0.05, 0) is 31.0 Å². The van der Waals surface area contributed by atoms with Gasteiger partial charge in [0, 0.05) is 19.3 Å². The van der Waals surface area contributed by atoms with E-state index in [1.165, 1.54) is 0 Å². The number of para-hydroxylation sites is 1. The number of benzene rings is 1. The molecular weight excluding hydrogens is 347 g/mol. The number of halogens is 2. The molecule has 1 N–H and O–H groups in total. The molecule has 0 aliphatic heterocycles. The molecule has 0 radical (unpaired) electrons. The standard InChI is InChI=1S/C17H20Cl2N4O/c1-3-10-23(11-4-2)16(24)14-8-9-20-17(21-14)22-15-12(18)6-5-7-13(15)19/h5-9H,3-4,10-11H2,1-2H3,(H,20,21,22). The molecule has 1 amide bonds. The first-order valence-electron chi connectivity index (χ1n) is 7.90. The average Bonchev–Trinajstić information content (AvgIpc) is 2.58. The van der Waals surface area contributed by atoms with Gasteiger partial charge in [0.15, 0.2) is 0 Å². The monoisotopic (exact) mass is 366 g/mol. The van der Waals surface area contributed by atoms with Gasteiger partial charge < -0.3 is 10.2 Å². The largest absolute Gasteiger partial charge is 0.337 e. The van der Waals surface area contributed by atoms with Crippen molar-refractivity contribution in [2.75, 3.05) is 18.4 Å². The van der Waals surface area contributed by atoms with Crippen molar-refractivity contribution in [2.24, 2.45) is 0 Å². The van der Waals surface area contributed by atoms with E-state index in [4.69, 9.17) is 23.2 Å². The van der Waals surface area contributed by atoms with Crippen LogP contribution in [0.5, 0.6) is 0 Å². The van der Waals surface area contributed by atoms with Crippen LogP contribution in [0.25, 0.3) is 0 Å². The fourth-order valence-electron chi connectivity index (χ4n) is 2.28. The number of hydrogen-bond donors (Lipinski definition) is 1. The number of hydrogen-bond acceptors (Lipinski definition) is 4. The molecule has 0 bridgehead atoms. The topological polar surface area (TPSA) is 58.1 Å². The van der Waals surface area contributed by atoms with Crippen LogP contribution in [0, 0.1) is 0 Å². The highest BCUT2D eigenvalue weighted by Gasteiger charge is 2.17. The van der Waals surface area contributed by atoms with Crippen molar-refractivity contribution in [2.45, 2.75) is 26.7 Å². The Hall–Kier alpha value is -1.85. The van der Waals surface area contributed by atoms with Crippen LogP contribution in [0.15, 0.2) is 30.5 Å². The Kier molecular flexibility index (Phi) is 6.82. The minimum atomic E-state index is -0.102. The third-order valence-corrected chi connectivity index (χ3v) is 3.98. The lowest BCUT2D eigenvalue weighted by Crippen LogP contribution is -2.33. The lowest BCUT2D eigenvalue weighted by molar-refractivity contribution is 0.0749. The van der Waals surface area contributed by atoms with E-state index in [9.17, 15) is 4.79 Å². The molecule has 0 aliphatic carbocycles. The van der Waals surface area contributed by atoms with E-state index >= 15 is 0 Å². The van der Waals surface area contributed by atoms with Crippen LogP contribution >= 0.6 is 23.2 Å². The number of aromatic nitrogens is 2. The zero-order valence-corrected chi connectivity index (χ0v) is 15.2. The second kappa shape index (κ2) is 8.85. The Labute approximate surface area is 152 Å². The van der Waals surface area contributed by atoms with E-state index in [0.29, 0.717) is 34.5 Å². The van der Waals surface area contributed by atoms with Crippen molar-refractivity contribution in [3.63, 3.8) is 0 Å². The molecule has 1 aromatic heterocycles. The molecule has 1 aromatic carbocycles. The minimum absolute atomic E-state index is 0.102. The molecule has 0 spiro atoms. The third-order valence-electron chi connectivity index (χ3n) is 3.35. The van der Waals surface area contributed by atoms with Crippen LogP contribution in [-0.2, 0) is 0 Å². The highest BCUT2D eigenvalue weighted by atomic mass is 35.5. The van der Waals surface area contributed by atoms with Crippen LogP contribution in [0.4, 0.5) is 11.6 Å². The van der Waals surface area contributed by atoms with Gasteiger partial charge in [0.2, 0.25) is 5.95 Å². The Balaban J connectivity index is 2.23. The highest BCUT2D eigenvalue weighted by molar-refractivity contribution is 6.39. The summed E-state index contributed by atoms with van der Waals surface area (Å²) in [6.45, 7) is 5.50. The van der Waals surface area contributed by atoms with Crippen LogP contribution in [0.2, 0.25) is 10.0 Å². The van der Waals surface area contributed by atoms with Gasteiger partial charge in [0.05, 0.1) is 15.7 Å². The maximum Gasteiger partial charge on any atom is 0.272 e. The summed E-state index contributed by atoms with van der Waals surface area (Å²) in [6, 6.07) is 6.80. The third kappa shape index (κ3) is 4.58. The maximum absolute atomic E-state index is 12.6. The highest BCUT2D eigenvalue weighted by Crippen LogP contribution is 2.31. The van der Waals surface area contributed by atoms with Crippen molar-refractivity contribution < 1.29 is 4.79 Å². The van der Waals surface area contributed by atoms with E-state index in [2.05, 4.69) is 15.3 Å². The van der Waals surface area contributed by atoms with Gasteiger partial charge in [-0.3, -0.25) is 4.79 Å². The fraction of sp³-hybridized carbons (Fsp3) is 0.353. The van der Waals surface area contributed by atoms with Crippen molar-refractivity contribution in [1.82, 2.24) is 14.9 Å². The molecule has 128 valence electrons. The van der Waals surface area contributed by atoms with Gasteiger partial charge in [-0.2, -0.15) is 0 Å². The molecule has 24 heavy (non-hydrogen) atoms. The minimum Gasteiger partial charge on any atom is -0.337 e. The SMILES string of the molecule is CCCN(CCC)C(=O)c1ccnc(Nc2c(Cl)cccc2Cl)n1. The summed E-state index contributed by atoms with van der Waals surface area (Å²) in [5.41, 5.74) is 0.863. The number of anilines is 2. The molecule has 5 nitrogen and oxygen atoms in total. The van der Waals surface area contributed by atoms with Crippen molar-refractivity contribution >= 4 is 40.7 Å². The molecule has 0 unspecified atom stereocenters. The number of carbonyl (C=O) groups is 1.